The van der Waals surface area contributed by atoms with Crippen LogP contribution in [0.4, 0.5) is 0 Å². The van der Waals surface area contributed by atoms with Crippen molar-refractivity contribution in [1.82, 2.24) is 4.90 Å². The molecule has 0 heterocycles. The van der Waals surface area contributed by atoms with E-state index in [9.17, 15) is 9.59 Å². The van der Waals surface area contributed by atoms with Crippen molar-refractivity contribution < 1.29 is 14.3 Å². The molecule has 0 atom stereocenters. The summed E-state index contributed by atoms with van der Waals surface area (Å²) in [7, 11) is 3.72. The highest BCUT2D eigenvalue weighted by atomic mass is 16.5. The monoisotopic (exact) mass is 261 g/mol. The third-order valence-electron chi connectivity index (χ3n) is 2.47. The highest BCUT2D eigenvalue weighted by Crippen LogP contribution is 2.14. The van der Waals surface area contributed by atoms with Gasteiger partial charge in [-0.05, 0) is 18.1 Å². The third-order valence-corrected chi connectivity index (χ3v) is 2.47. The van der Waals surface area contributed by atoms with E-state index in [1.165, 1.54) is 0 Å². The van der Waals surface area contributed by atoms with Gasteiger partial charge in [0, 0.05) is 25.9 Å². The summed E-state index contributed by atoms with van der Waals surface area (Å²) in [6.45, 7) is 2.17. The van der Waals surface area contributed by atoms with Crippen LogP contribution in [-0.2, 0) is 20.7 Å². The van der Waals surface area contributed by atoms with E-state index in [0.29, 0.717) is 12.2 Å². The van der Waals surface area contributed by atoms with Gasteiger partial charge in [-0.2, -0.15) is 0 Å². The van der Waals surface area contributed by atoms with Crippen LogP contribution in [0.1, 0.15) is 18.1 Å². The van der Waals surface area contributed by atoms with Crippen LogP contribution in [0.3, 0.4) is 0 Å². The predicted molar refractivity (Wildman–Crippen MR) is 74.5 cm³/mol. The quantitative estimate of drug-likeness (QED) is 0.446. The lowest BCUT2D eigenvalue weighted by Gasteiger charge is -2.08. The van der Waals surface area contributed by atoms with Crippen molar-refractivity contribution in [3.63, 3.8) is 0 Å². The number of hydrogen-bond donors (Lipinski definition) is 0. The topological polar surface area (TPSA) is 46.6 Å². The summed E-state index contributed by atoms with van der Waals surface area (Å²) >= 11 is 0. The fourth-order valence-corrected chi connectivity index (χ4v) is 1.64. The molecule has 1 aromatic carbocycles. The molecule has 0 saturated heterocycles. The highest BCUT2D eigenvalue weighted by Gasteiger charge is 2.05. The van der Waals surface area contributed by atoms with Crippen LogP contribution in [0.5, 0.6) is 0 Å². The molecule has 0 fully saturated rings. The van der Waals surface area contributed by atoms with Crippen molar-refractivity contribution in [2.45, 2.75) is 13.3 Å². The molecule has 0 spiro atoms. The first-order valence-electron chi connectivity index (χ1n) is 6.15. The molecular weight excluding hydrogens is 242 g/mol. The second kappa shape index (κ2) is 7.36. The van der Waals surface area contributed by atoms with E-state index in [1.807, 2.05) is 43.3 Å². The van der Waals surface area contributed by atoms with Gasteiger partial charge in [-0.15, -0.1) is 0 Å². The van der Waals surface area contributed by atoms with Gasteiger partial charge < -0.3 is 9.64 Å². The van der Waals surface area contributed by atoms with Gasteiger partial charge in [0.05, 0.1) is 13.0 Å². The lowest BCUT2D eigenvalue weighted by atomic mass is 10.0. The second-order valence-electron chi connectivity index (χ2n) is 4.34. The van der Waals surface area contributed by atoms with E-state index in [0.717, 1.165) is 17.4 Å². The van der Waals surface area contributed by atoms with Gasteiger partial charge in [0.25, 0.3) is 0 Å². The number of ether oxygens (including phenoxy) is 1. The number of nitrogens with zero attached hydrogens (tertiary/aromatic N) is 1. The first-order valence-corrected chi connectivity index (χ1v) is 6.15. The molecular formula is C15H19NO3. The predicted octanol–water partition coefficient (Wildman–Crippen LogP) is 1.89. The Labute approximate surface area is 113 Å². The maximum absolute atomic E-state index is 11.3. The SMILES string of the molecule is CCOC(=O)Cc1ccc(/C(C=O)=C\N(C)C)cc1. The van der Waals surface area contributed by atoms with Crippen molar-refractivity contribution in [2.75, 3.05) is 20.7 Å². The van der Waals surface area contributed by atoms with Crippen LogP contribution in [0.15, 0.2) is 30.5 Å². The molecule has 0 aliphatic rings. The summed E-state index contributed by atoms with van der Waals surface area (Å²) in [5.74, 6) is -0.241. The molecule has 0 amide bonds. The first-order chi connectivity index (χ1) is 9.06. The van der Waals surface area contributed by atoms with E-state index in [1.54, 1.807) is 13.1 Å². The van der Waals surface area contributed by atoms with Crippen molar-refractivity contribution in [3.8, 4) is 0 Å². The summed E-state index contributed by atoms with van der Waals surface area (Å²) < 4.78 is 4.88. The lowest BCUT2D eigenvalue weighted by Crippen LogP contribution is -2.07. The number of allylic oxidation sites excluding steroid dienone is 1. The number of carbonyl (C=O) groups excluding carboxylic acids is 2. The summed E-state index contributed by atoms with van der Waals surface area (Å²) in [6.07, 6.45) is 2.83. The Hall–Kier alpha value is -2.10. The van der Waals surface area contributed by atoms with E-state index >= 15 is 0 Å². The highest BCUT2D eigenvalue weighted by molar-refractivity contribution is 6.06. The Morgan fingerprint density at radius 3 is 2.37 bits per heavy atom. The fraction of sp³-hybridized carbons (Fsp3) is 0.333. The van der Waals surface area contributed by atoms with Crippen LogP contribution in [-0.4, -0.2) is 37.9 Å². The number of esters is 1. The van der Waals surface area contributed by atoms with Crippen LogP contribution in [0.2, 0.25) is 0 Å². The number of benzene rings is 1. The Kier molecular flexibility index (Phi) is 5.79. The maximum atomic E-state index is 11.3. The number of rotatable bonds is 6. The van der Waals surface area contributed by atoms with Crippen molar-refractivity contribution in [1.29, 1.82) is 0 Å². The van der Waals surface area contributed by atoms with Crippen LogP contribution >= 0.6 is 0 Å². The van der Waals surface area contributed by atoms with E-state index in [2.05, 4.69) is 0 Å². The Morgan fingerprint density at radius 2 is 1.89 bits per heavy atom. The molecule has 0 radical (unpaired) electrons. The first kappa shape index (κ1) is 15.0. The van der Waals surface area contributed by atoms with Gasteiger partial charge in [0.15, 0.2) is 6.29 Å². The van der Waals surface area contributed by atoms with Gasteiger partial charge >= 0.3 is 5.97 Å². The zero-order chi connectivity index (χ0) is 14.3. The van der Waals surface area contributed by atoms with Crippen LogP contribution < -0.4 is 0 Å². The Bertz CT molecular complexity index is 461. The minimum atomic E-state index is -0.241. The summed E-state index contributed by atoms with van der Waals surface area (Å²) in [6, 6.07) is 7.33. The summed E-state index contributed by atoms with van der Waals surface area (Å²) in [5.41, 5.74) is 2.31. The maximum Gasteiger partial charge on any atom is 0.310 e. The molecule has 102 valence electrons. The molecule has 0 N–H and O–H groups in total. The zero-order valence-corrected chi connectivity index (χ0v) is 11.6. The number of aldehydes is 1. The van der Waals surface area contributed by atoms with Crippen molar-refractivity contribution in [3.05, 3.63) is 41.6 Å². The fourth-order valence-electron chi connectivity index (χ4n) is 1.64. The molecule has 0 unspecified atom stereocenters. The molecule has 0 bridgehead atoms. The van der Waals surface area contributed by atoms with Crippen LogP contribution in [0, 0.1) is 0 Å². The second-order valence-corrected chi connectivity index (χ2v) is 4.34. The molecule has 4 heteroatoms. The molecule has 4 nitrogen and oxygen atoms in total. The van der Waals surface area contributed by atoms with E-state index < -0.39 is 0 Å². The minimum Gasteiger partial charge on any atom is -0.466 e. The Morgan fingerprint density at radius 1 is 1.26 bits per heavy atom. The molecule has 0 saturated carbocycles. The summed E-state index contributed by atoms with van der Waals surface area (Å²) in [5, 5.41) is 0. The van der Waals surface area contributed by atoms with E-state index in [-0.39, 0.29) is 12.4 Å². The number of hydrogen-bond acceptors (Lipinski definition) is 4. The molecule has 19 heavy (non-hydrogen) atoms. The summed E-state index contributed by atoms with van der Waals surface area (Å²) in [4.78, 5) is 24.2. The lowest BCUT2D eigenvalue weighted by molar-refractivity contribution is -0.142. The van der Waals surface area contributed by atoms with Gasteiger partial charge in [0.2, 0.25) is 0 Å². The standard InChI is InChI=1S/C15H19NO3/c1-4-19-15(18)9-12-5-7-13(8-6-12)14(11-17)10-16(2)3/h5-8,10-11H,4,9H2,1-3H3/b14-10-. The molecule has 1 rings (SSSR count). The Balaban J connectivity index is 2.81. The van der Waals surface area contributed by atoms with Gasteiger partial charge in [-0.25, -0.2) is 0 Å². The van der Waals surface area contributed by atoms with Gasteiger partial charge in [-0.1, -0.05) is 24.3 Å². The molecule has 0 aromatic heterocycles. The molecule has 0 aliphatic heterocycles. The van der Waals surface area contributed by atoms with Gasteiger partial charge in [-0.3, -0.25) is 9.59 Å². The largest absolute Gasteiger partial charge is 0.466 e. The average molecular weight is 261 g/mol. The zero-order valence-electron chi connectivity index (χ0n) is 11.6. The normalized spacial score (nSPS) is 11.0. The molecule has 0 aliphatic carbocycles. The molecule has 1 aromatic rings. The van der Waals surface area contributed by atoms with Crippen LogP contribution in [0.25, 0.3) is 5.57 Å². The van der Waals surface area contributed by atoms with E-state index in [4.69, 9.17) is 4.74 Å². The smallest absolute Gasteiger partial charge is 0.310 e. The van der Waals surface area contributed by atoms with Crippen molar-refractivity contribution >= 4 is 17.8 Å². The third kappa shape index (κ3) is 4.95. The van der Waals surface area contributed by atoms with Crippen molar-refractivity contribution in [2.24, 2.45) is 0 Å². The van der Waals surface area contributed by atoms with Gasteiger partial charge in [0.1, 0.15) is 0 Å². The number of carbonyl (C=O) groups is 2. The average Bonchev–Trinajstić information content (AvgIpc) is 2.37. The minimum absolute atomic E-state index is 0.241.